The molecule has 2 unspecified atom stereocenters. The Hall–Kier alpha value is -2.46. The predicted molar refractivity (Wildman–Crippen MR) is 108 cm³/mol. The molecule has 1 saturated heterocycles. The lowest BCUT2D eigenvalue weighted by Crippen LogP contribution is -2.43. The second kappa shape index (κ2) is 8.96. The molecule has 0 radical (unpaired) electrons. The van der Waals surface area contributed by atoms with Gasteiger partial charge in [-0.05, 0) is 43.5 Å². The van der Waals surface area contributed by atoms with Crippen LogP contribution in [-0.4, -0.2) is 46.9 Å². The number of aliphatic hydroxyl groups is 1. The molecule has 6 nitrogen and oxygen atoms in total. The highest BCUT2D eigenvalue weighted by molar-refractivity contribution is 5.52. The SMILES string of the molecule is OC1CNCCC1CNc1ncnc(N(Cc2ccc(C(F)(F)F)cc2)C2CC2)c1F. The molecule has 0 bridgehead atoms. The third kappa shape index (κ3) is 5.24. The highest BCUT2D eigenvalue weighted by atomic mass is 19.4. The Bertz CT molecular complexity index is 888. The lowest BCUT2D eigenvalue weighted by atomic mass is 9.95. The number of halogens is 4. The summed E-state index contributed by atoms with van der Waals surface area (Å²) in [6.07, 6.45) is -1.11. The molecule has 2 fully saturated rings. The van der Waals surface area contributed by atoms with Crippen molar-refractivity contribution >= 4 is 11.6 Å². The van der Waals surface area contributed by atoms with Crippen molar-refractivity contribution in [2.45, 2.75) is 44.1 Å². The zero-order valence-corrected chi connectivity index (χ0v) is 16.9. The van der Waals surface area contributed by atoms with E-state index in [0.29, 0.717) is 18.7 Å². The minimum atomic E-state index is -4.39. The molecule has 1 aromatic heterocycles. The van der Waals surface area contributed by atoms with Crippen molar-refractivity contribution in [3.63, 3.8) is 0 Å². The van der Waals surface area contributed by atoms with E-state index in [1.54, 1.807) is 4.90 Å². The highest BCUT2D eigenvalue weighted by Crippen LogP contribution is 2.35. The number of piperidine rings is 1. The van der Waals surface area contributed by atoms with Crippen LogP contribution in [0, 0.1) is 11.7 Å². The van der Waals surface area contributed by atoms with Crippen LogP contribution < -0.4 is 15.5 Å². The smallest absolute Gasteiger partial charge is 0.391 e. The Morgan fingerprint density at radius 1 is 1.13 bits per heavy atom. The van der Waals surface area contributed by atoms with Crippen molar-refractivity contribution in [2.75, 3.05) is 29.9 Å². The van der Waals surface area contributed by atoms with Gasteiger partial charge < -0.3 is 20.6 Å². The van der Waals surface area contributed by atoms with Gasteiger partial charge in [0.05, 0.1) is 11.7 Å². The molecular weight excluding hydrogens is 414 g/mol. The Balaban J connectivity index is 1.49. The number of aliphatic hydroxyl groups excluding tert-OH is 1. The van der Waals surface area contributed by atoms with Crippen LogP contribution in [0.1, 0.15) is 30.4 Å². The number of rotatable bonds is 7. The lowest BCUT2D eigenvalue weighted by molar-refractivity contribution is -0.137. The summed E-state index contributed by atoms with van der Waals surface area (Å²) in [5, 5.41) is 16.2. The zero-order valence-electron chi connectivity index (χ0n) is 16.9. The van der Waals surface area contributed by atoms with E-state index in [4.69, 9.17) is 0 Å². The number of alkyl halides is 3. The summed E-state index contributed by atoms with van der Waals surface area (Å²) >= 11 is 0. The van der Waals surface area contributed by atoms with Gasteiger partial charge in [-0.25, -0.2) is 9.97 Å². The quantitative estimate of drug-likeness (QED) is 0.576. The Kier molecular flexibility index (Phi) is 6.29. The zero-order chi connectivity index (χ0) is 22.0. The van der Waals surface area contributed by atoms with Crippen molar-refractivity contribution in [1.82, 2.24) is 15.3 Å². The monoisotopic (exact) mass is 439 g/mol. The van der Waals surface area contributed by atoms with E-state index in [0.717, 1.165) is 37.9 Å². The number of benzene rings is 1. The molecule has 1 aliphatic carbocycles. The van der Waals surface area contributed by atoms with Crippen LogP contribution in [-0.2, 0) is 12.7 Å². The van der Waals surface area contributed by atoms with Gasteiger partial charge in [0, 0.05) is 31.6 Å². The number of β-amino-alcohol motifs (C(OH)–C–C–N with tert-alkyl or cyclic N) is 1. The molecule has 10 heteroatoms. The number of hydrogen-bond donors (Lipinski definition) is 3. The molecule has 1 aliphatic heterocycles. The molecule has 2 aliphatic rings. The van der Waals surface area contributed by atoms with Crippen LogP contribution in [0.2, 0.25) is 0 Å². The molecule has 1 aromatic carbocycles. The van der Waals surface area contributed by atoms with E-state index in [2.05, 4.69) is 20.6 Å². The fourth-order valence-corrected chi connectivity index (χ4v) is 3.81. The largest absolute Gasteiger partial charge is 0.416 e. The number of nitrogens with zero attached hydrogens (tertiary/aromatic N) is 3. The van der Waals surface area contributed by atoms with Crippen LogP contribution in [0.4, 0.5) is 29.2 Å². The van der Waals surface area contributed by atoms with Crippen molar-refractivity contribution in [2.24, 2.45) is 5.92 Å². The van der Waals surface area contributed by atoms with Crippen LogP contribution >= 0.6 is 0 Å². The first kappa shape index (κ1) is 21.8. The van der Waals surface area contributed by atoms with E-state index in [9.17, 15) is 18.3 Å². The normalized spacial score (nSPS) is 21.7. The molecule has 1 saturated carbocycles. The van der Waals surface area contributed by atoms with E-state index in [1.807, 2.05) is 0 Å². The van der Waals surface area contributed by atoms with Crippen molar-refractivity contribution in [3.8, 4) is 0 Å². The van der Waals surface area contributed by atoms with Gasteiger partial charge in [0.2, 0.25) is 5.82 Å². The van der Waals surface area contributed by atoms with Gasteiger partial charge in [-0.15, -0.1) is 0 Å². The van der Waals surface area contributed by atoms with Gasteiger partial charge in [0.15, 0.2) is 11.6 Å². The molecule has 31 heavy (non-hydrogen) atoms. The Labute approximate surface area is 177 Å². The number of anilines is 2. The van der Waals surface area contributed by atoms with Crippen molar-refractivity contribution in [1.29, 1.82) is 0 Å². The van der Waals surface area contributed by atoms with Gasteiger partial charge in [-0.1, -0.05) is 12.1 Å². The second-order valence-electron chi connectivity index (χ2n) is 8.11. The molecule has 4 rings (SSSR count). The average Bonchev–Trinajstić information content (AvgIpc) is 3.58. The first-order valence-corrected chi connectivity index (χ1v) is 10.4. The summed E-state index contributed by atoms with van der Waals surface area (Å²) in [7, 11) is 0. The molecule has 0 amide bonds. The molecule has 168 valence electrons. The summed E-state index contributed by atoms with van der Waals surface area (Å²) in [6, 6.07) is 4.98. The number of nitrogens with one attached hydrogen (secondary N) is 2. The van der Waals surface area contributed by atoms with Gasteiger partial charge in [-0.2, -0.15) is 17.6 Å². The molecule has 0 spiro atoms. The molecule has 2 aromatic rings. The number of aromatic nitrogens is 2. The molecule has 3 N–H and O–H groups in total. The lowest BCUT2D eigenvalue weighted by Gasteiger charge is -2.29. The molecule has 2 heterocycles. The van der Waals surface area contributed by atoms with Gasteiger partial charge in [0.25, 0.3) is 0 Å². The first-order valence-electron chi connectivity index (χ1n) is 10.4. The molecule has 2 atom stereocenters. The molecular formula is C21H25F4N5O. The van der Waals surface area contributed by atoms with Crippen LogP contribution in [0.15, 0.2) is 30.6 Å². The maximum atomic E-state index is 15.2. The predicted octanol–water partition coefficient (Wildman–Crippen LogP) is 3.19. The maximum Gasteiger partial charge on any atom is 0.416 e. The Morgan fingerprint density at radius 3 is 2.52 bits per heavy atom. The van der Waals surface area contributed by atoms with E-state index < -0.39 is 23.7 Å². The summed E-state index contributed by atoms with van der Waals surface area (Å²) in [5.41, 5.74) is -0.0701. The minimum absolute atomic E-state index is 0.00857. The highest BCUT2D eigenvalue weighted by Gasteiger charge is 2.34. The number of hydrogen-bond acceptors (Lipinski definition) is 6. The van der Waals surface area contributed by atoms with Crippen molar-refractivity contribution < 1.29 is 22.7 Å². The fourth-order valence-electron chi connectivity index (χ4n) is 3.81. The second-order valence-corrected chi connectivity index (χ2v) is 8.11. The van der Waals surface area contributed by atoms with Crippen LogP contribution in [0.25, 0.3) is 0 Å². The Morgan fingerprint density at radius 2 is 1.87 bits per heavy atom. The van der Waals surface area contributed by atoms with E-state index >= 15 is 4.39 Å². The summed E-state index contributed by atoms with van der Waals surface area (Å²) in [6.45, 7) is 1.94. The average molecular weight is 439 g/mol. The fraction of sp³-hybridized carbons (Fsp3) is 0.524. The summed E-state index contributed by atoms with van der Waals surface area (Å²) in [5.74, 6) is -0.407. The van der Waals surface area contributed by atoms with Crippen LogP contribution in [0.3, 0.4) is 0 Å². The first-order chi connectivity index (χ1) is 14.8. The minimum Gasteiger partial charge on any atom is -0.391 e. The van der Waals surface area contributed by atoms with E-state index in [1.165, 1.54) is 18.5 Å². The standard InChI is InChI=1S/C21H25F4N5O/c22-18-19(27-9-14-7-8-26-10-17(14)31)28-12-29-20(18)30(16-5-6-16)11-13-1-3-15(4-2-13)21(23,24)25/h1-4,12,14,16-17,26,31H,5-11H2,(H,27,28,29). The topological polar surface area (TPSA) is 73.3 Å². The van der Waals surface area contributed by atoms with Crippen LogP contribution in [0.5, 0.6) is 0 Å². The third-order valence-corrected chi connectivity index (χ3v) is 5.79. The summed E-state index contributed by atoms with van der Waals surface area (Å²) in [4.78, 5) is 9.92. The third-order valence-electron chi connectivity index (χ3n) is 5.79. The van der Waals surface area contributed by atoms with Crippen molar-refractivity contribution in [3.05, 3.63) is 47.5 Å². The summed E-state index contributed by atoms with van der Waals surface area (Å²) < 4.78 is 53.7. The van der Waals surface area contributed by atoms with E-state index in [-0.39, 0.29) is 30.1 Å². The van der Waals surface area contributed by atoms with Gasteiger partial charge in [0.1, 0.15) is 6.33 Å². The van der Waals surface area contributed by atoms with Gasteiger partial charge >= 0.3 is 6.18 Å². The maximum absolute atomic E-state index is 15.2. The van der Waals surface area contributed by atoms with Gasteiger partial charge in [-0.3, -0.25) is 0 Å².